The molecule has 5 nitrogen and oxygen atoms in total. The molecule has 1 aromatic rings. The molecule has 0 heterocycles. The first-order valence-corrected chi connectivity index (χ1v) is 7.34. The Bertz CT molecular complexity index is 581. The van der Waals surface area contributed by atoms with Crippen molar-refractivity contribution in [1.82, 2.24) is 4.72 Å². The Morgan fingerprint density at radius 2 is 2.21 bits per heavy atom. The molecule has 0 aromatic heterocycles. The zero-order valence-electron chi connectivity index (χ0n) is 10.6. The van der Waals surface area contributed by atoms with Crippen molar-refractivity contribution in [2.24, 2.45) is 5.73 Å². The van der Waals surface area contributed by atoms with Crippen molar-refractivity contribution in [1.29, 1.82) is 5.26 Å². The highest BCUT2D eigenvalue weighted by atomic mass is 32.2. The smallest absolute Gasteiger partial charge is 0.240 e. The minimum Gasteiger partial charge on any atom is -0.327 e. The average molecular weight is 285 g/mol. The Morgan fingerprint density at radius 3 is 2.79 bits per heavy atom. The lowest BCUT2D eigenvalue weighted by molar-refractivity contribution is 0.552. The number of nitriles is 1. The molecule has 0 spiro atoms. The van der Waals surface area contributed by atoms with Crippen LogP contribution in [0, 0.1) is 17.1 Å². The third-order valence-corrected chi connectivity index (χ3v) is 3.98. The summed E-state index contributed by atoms with van der Waals surface area (Å²) in [5.74, 6) is -0.746. The average Bonchev–Trinajstić information content (AvgIpc) is 2.37. The predicted octanol–water partition coefficient (Wildman–Crippen LogP) is 1.10. The highest BCUT2D eigenvalue weighted by molar-refractivity contribution is 7.89. The number of sulfonamides is 1. The monoisotopic (exact) mass is 285 g/mol. The summed E-state index contributed by atoms with van der Waals surface area (Å²) in [6, 6.07) is 4.41. The molecule has 19 heavy (non-hydrogen) atoms. The molecule has 0 aliphatic carbocycles. The van der Waals surface area contributed by atoms with Gasteiger partial charge in [-0.05, 0) is 24.6 Å². The third-order valence-electron chi connectivity index (χ3n) is 2.56. The molecule has 1 aromatic carbocycles. The van der Waals surface area contributed by atoms with Crippen LogP contribution >= 0.6 is 0 Å². The maximum Gasteiger partial charge on any atom is 0.240 e. The number of halogens is 1. The molecule has 0 amide bonds. The third kappa shape index (κ3) is 4.28. The van der Waals surface area contributed by atoms with E-state index >= 15 is 0 Å². The Balaban J connectivity index is 2.86. The summed E-state index contributed by atoms with van der Waals surface area (Å²) in [5, 5.41) is 8.67. The van der Waals surface area contributed by atoms with Crippen molar-refractivity contribution in [2.75, 3.05) is 6.54 Å². The van der Waals surface area contributed by atoms with E-state index in [1.807, 2.05) is 6.92 Å². The van der Waals surface area contributed by atoms with Gasteiger partial charge in [0.2, 0.25) is 10.0 Å². The first-order valence-electron chi connectivity index (χ1n) is 5.85. The van der Waals surface area contributed by atoms with E-state index in [2.05, 4.69) is 4.72 Å². The Morgan fingerprint density at radius 1 is 1.53 bits per heavy atom. The highest BCUT2D eigenvalue weighted by Crippen LogP contribution is 2.14. The molecular weight excluding hydrogens is 269 g/mol. The molecule has 1 unspecified atom stereocenters. The predicted molar refractivity (Wildman–Crippen MR) is 69.2 cm³/mol. The summed E-state index contributed by atoms with van der Waals surface area (Å²) in [4.78, 5) is -0.144. The lowest BCUT2D eigenvalue weighted by Gasteiger charge is -2.12. The van der Waals surface area contributed by atoms with Gasteiger partial charge in [-0.1, -0.05) is 13.3 Å². The van der Waals surface area contributed by atoms with Gasteiger partial charge in [0.05, 0.1) is 10.5 Å². The molecule has 1 rings (SSSR count). The molecule has 1 atom stereocenters. The van der Waals surface area contributed by atoms with Crippen molar-refractivity contribution in [3.8, 4) is 6.07 Å². The molecule has 104 valence electrons. The summed E-state index contributed by atoms with van der Waals surface area (Å²) in [6.07, 6.45) is 1.56. The molecule has 0 saturated heterocycles. The van der Waals surface area contributed by atoms with Gasteiger partial charge in [-0.25, -0.2) is 17.5 Å². The Labute approximate surface area is 112 Å². The van der Waals surface area contributed by atoms with Crippen molar-refractivity contribution >= 4 is 10.0 Å². The van der Waals surface area contributed by atoms with Crippen LogP contribution in [0.15, 0.2) is 23.1 Å². The normalized spacial score (nSPS) is 12.9. The second kappa shape index (κ2) is 6.61. The second-order valence-electron chi connectivity index (χ2n) is 4.15. The standard InChI is InChI=1S/C12H16FN3O2S/c1-2-3-10(15)8-16-19(17,18)11-4-5-12(13)9(6-11)7-14/h4-6,10,16H,2-3,8,15H2,1H3. The van der Waals surface area contributed by atoms with Gasteiger partial charge in [0.15, 0.2) is 0 Å². The molecule has 0 bridgehead atoms. The van der Waals surface area contributed by atoms with Gasteiger partial charge in [-0.3, -0.25) is 0 Å². The molecule has 3 N–H and O–H groups in total. The van der Waals surface area contributed by atoms with Crippen LogP contribution in [0.2, 0.25) is 0 Å². The van der Waals surface area contributed by atoms with Crippen molar-refractivity contribution in [3.05, 3.63) is 29.6 Å². The van der Waals surface area contributed by atoms with Crippen LogP contribution in [-0.2, 0) is 10.0 Å². The first-order chi connectivity index (χ1) is 8.90. The van der Waals surface area contributed by atoms with E-state index in [1.54, 1.807) is 6.07 Å². The van der Waals surface area contributed by atoms with Crippen molar-refractivity contribution in [2.45, 2.75) is 30.7 Å². The lowest BCUT2D eigenvalue weighted by atomic mass is 10.2. The molecule has 0 fully saturated rings. The minimum atomic E-state index is -3.77. The number of nitrogens with two attached hydrogens (primary N) is 1. The fourth-order valence-electron chi connectivity index (χ4n) is 1.53. The number of nitrogens with zero attached hydrogens (tertiary/aromatic N) is 1. The van der Waals surface area contributed by atoms with E-state index in [1.165, 1.54) is 0 Å². The van der Waals surface area contributed by atoms with Crippen LogP contribution in [0.4, 0.5) is 4.39 Å². The molecule has 7 heteroatoms. The molecule has 0 aliphatic heterocycles. The first kappa shape index (κ1) is 15.6. The van der Waals surface area contributed by atoms with Crippen LogP contribution < -0.4 is 10.5 Å². The number of benzene rings is 1. The molecule has 0 aliphatic rings. The van der Waals surface area contributed by atoms with Gasteiger partial charge in [0.25, 0.3) is 0 Å². The van der Waals surface area contributed by atoms with Crippen LogP contribution in [0.5, 0.6) is 0 Å². The zero-order valence-corrected chi connectivity index (χ0v) is 11.4. The van der Waals surface area contributed by atoms with Gasteiger partial charge >= 0.3 is 0 Å². The molecule has 0 saturated carbocycles. The van der Waals surface area contributed by atoms with Gasteiger partial charge in [-0.2, -0.15) is 5.26 Å². The molecule has 0 radical (unpaired) electrons. The highest BCUT2D eigenvalue weighted by Gasteiger charge is 2.17. The van der Waals surface area contributed by atoms with E-state index in [9.17, 15) is 12.8 Å². The maximum atomic E-state index is 13.1. The SMILES string of the molecule is CCCC(N)CNS(=O)(=O)c1ccc(F)c(C#N)c1. The van der Waals surface area contributed by atoms with E-state index in [0.717, 1.165) is 24.6 Å². The fraction of sp³-hybridized carbons (Fsp3) is 0.417. The van der Waals surface area contributed by atoms with E-state index in [4.69, 9.17) is 11.0 Å². The number of hydrogen-bond donors (Lipinski definition) is 2. The van der Waals surface area contributed by atoms with E-state index in [0.29, 0.717) is 6.42 Å². The lowest BCUT2D eigenvalue weighted by Crippen LogP contribution is -2.37. The quantitative estimate of drug-likeness (QED) is 0.818. The summed E-state index contributed by atoms with van der Waals surface area (Å²) in [5.41, 5.74) is 5.41. The summed E-state index contributed by atoms with van der Waals surface area (Å²) >= 11 is 0. The zero-order chi connectivity index (χ0) is 14.5. The van der Waals surface area contributed by atoms with Crippen LogP contribution in [0.25, 0.3) is 0 Å². The Kier molecular flexibility index (Phi) is 5.42. The topological polar surface area (TPSA) is 96.0 Å². The van der Waals surface area contributed by atoms with E-state index < -0.39 is 15.8 Å². The fourth-order valence-corrected chi connectivity index (χ4v) is 2.65. The maximum absolute atomic E-state index is 13.1. The molecular formula is C12H16FN3O2S. The van der Waals surface area contributed by atoms with Gasteiger partial charge in [-0.15, -0.1) is 0 Å². The van der Waals surface area contributed by atoms with E-state index in [-0.39, 0.29) is 23.0 Å². The number of hydrogen-bond acceptors (Lipinski definition) is 4. The number of rotatable bonds is 6. The largest absolute Gasteiger partial charge is 0.327 e. The summed E-state index contributed by atoms with van der Waals surface area (Å²) < 4.78 is 39.3. The summed E-state index contributed by atoms with van der Waals surface area (Å²) in [7, 11) is -3.77. The van der Waals surface area contributed by atoms with Gasteiger partial charge in [0, 0.05) is 12.6 Å². The van der Waals surface area contributed by atoms with Crippen LogP contribution in [-0.4, -0.2) is 21.0 Å². The second-order valence-corrected chi connectivity index (χ2v) is 5.92. The van der Waals surface area contributed by atoms with Crippen LogP contribution in [0.1, 0.15) is 25.3 Å². The van der Waals surface area contributed by atoms with Crippen molar-refractivity contribution < 1.29 is 12.8 Å². The van der Waals surface area contributed by atoms with Gasteiger partial charge in [0.1, 0.15) is 11.9 Å². The summed E-state index contributed by atoms with van der Waals surface area (Å²) in [6.45, 7) is 2.06. The Hall–Kier alpha value is -1.49. The van der Waals surface area contributed by atoms with Gasteiger partial charge < -0.3 is 5.73 Å². The minimum absolute atomic E-state index is 0.107. The van der Waals surface area contributed by atoms with Crippen LogP contribution in [0.3, 0.4) is 0 Å². The number of nitrogens with one attached hydrogen (secondary N) is 1. The van der Waals surface area contributed by atoms with Crippen molar-refractivity contribution in [3.63, 3.8) is 0 Å².